The lowest BCUT2D eigenvalue weighted by Gasteiger charge is -2.35. The summed E-state index contributed by atoms with van der Waals surface area (Å²) in [6.07, 6.45) is 1.38. The molecule has 0 saturated carbocycles. The number of anilines is 2. The summed E-state index contributed by atoms with van der Waals surface area (Å²) in [5, 5.41) is 17.4. The zero-order chi connectivity index (χ0) is 26.2. The van der Waals surface area contributed by atoms with Crippen LogP contribution in [0.2, 0.25) is 0 Å². The Hall–Kier alpha value is -4.32. The predicted octanol–water partition coefficient (Wildman–Crippen LogP) is 5.29. The van der Waals surface area contributed by atoms with Gasteiger partial charge in [-0.1, -0.05) is 31.5 Å². The van der Waals surface area contributed by atoms with E-state index in [4.69, 9.17) is 10.00 Å². The molecule has 3 N–H and O–H groups in total. The first kappa shape index (κ1) is 26.3. The average Bonchev–Trinajstić information content (AvgIpc) is 2.83. The van der Waals surface area contributed by atoms with Crippen LogP contribution < -0.4 is 16.0 Å². The third-order valence-corrected chi connectivity index (χ3v) is 5.62. The van der Waals surface area contributed by atoms with E-state index in [1.54, 1.807) is 74.2 Å². The molecule has 9 nitrogen and oxygen atoms in total. The maximum atomic E-state index is 13.1. The van der Waals surface area contributed by atoms with E-state index in [1.807, 2.05) is 13.0 Å². The van der Waals surface area contributed by atoms with Gasteiger partial charge in [-0.15, -0.1) is 0 Å². The van der Waals surface area contributed by atoms with Crippen LogP contribution in [0.3, 0.4) is 0 Å². The predicted molar refractivity (Wildman–Crippen MR) is 137 cm³/mol. The Morgan fingerprint density at radius 3 is 2.44 bits per heavy atom. The highest BCUT2D eigenvalue weighted by molar-refractivity contribution is 6.00. The number of esters is 1. The lowest BCUT2D eigenvalue weighted by molar-refractivity contribution is -0.143. The van der Waals surface area contributed by atoms with E-state index < -0.39 is 18.0 Å². The molecule has 188 valence electrons. The first-order chi connectivity index (χ1) is 17.2. The van der Waals surface area contributed by atoms with Gasteiger partial charge in [-0.25, -0.2) is 14.4 Å². The zero-order valence-corrected chi connectivity index (χ0v) is 20.9. The number of nitriles is 1. The Morgan fingerprint density at radius 1 is 1.14 bits per heavy atom. The molecule has 0 aromatic heterocycles. The Balaban J connectivity index is 1.87. The van der Waals surface area contributed by atoms with Crippen molar-refractivity contribution in [3.63, 3.8) is 0 Å². The molecule has 2 aromatic carbocycles. The summed E-state index contributed by atoms with van der Waals surface area (Å²) in [4.78, 5) is 40.1. The van der Waals surface area contributed by atoms with Crippen LogP contribution in [0.15, 0.2) is 59.8 Å². The largest absolute Gasteiger partial charge is 0.459 e. The summed E-state index contributed by atoms with van der Waals surface area (Å²) >= 11 is 0. The lowest BCUT2D eigenvalue weighted by Crippen LogP contribution is -2.48. The number of benzene rings is 2. The van der Waals surface area contributed by atoms with Crippen LogP contribution >= 0.6 is 0 Å². The number of rotatable bonds is 8. The van der Waals surface area contributed by atoms with Gasteiger partial charge in [0.15, 0.2) is 0 Å². The van der Waals surface area contributed by atoms with Crippen molar-refractivity contribution in [1.29, 1.82) is 5.26 Å². The number of nitrogens with zero attached hydrogens (tertiary/aromatic N) is 2. The molecular formula is C27H31N5O4. The second-order valence-electron chi connectivity index (χ2n) is 8.74. The molecule has 1 aliphatic heterocycles. The number of carbonyl (C=O) groups is 3. The van der Waals surface area contributed by atoms with Gasteiger partial charge in [-0.3, -0.25) is 4.90 Å². The van der Waals surface area contributed by atoms with Gasteiger partial charge in [0.2, 0.25) is 0 Å². The van der Waals surface area contributed by atoms with Gasteiger partial charge in [-0.2, -0.15) is 5.26 Å². The van der Waals surface area contributed by atoms with E-state index in [9.17, 15) is 14.4 Å². The van der Waals surface area contributed by atoms with Crippen molar-refractivity contribution in [1.82, 2.24) is 10.2 Å². The van der Waals surface area contributed by atoms with Crippen LogP contribution in [0.5, 0.6) is 0 Å². The minimum atomic E-state index is -0.737. The minimum absolute atomic E-state index is 0.291. The molecule has 3 rings (SSSR count). The van der Waals surface area contributed by atoms with Crippen molar-refractivity contribution in [2.45, 2.75) is 52.7 Å². The molecule has 2 aromatic rings. The summed E-state index contributed by atoms with van der Waals surface area (Å²) < 4.78 is 5.50. The number of amides is 4. The number of hydrogen-bond acceptors (Lipinski definition) is 5. The maximum Gasteiger partial charge on any atom is 0.338 e. The molecular weight excluding hydrogens is 458 g/mol. The van der Waals surface area contributed by atoms with Gasteiger partial charge in [0.05, 0.1) is 29.4 Å². The fourth-order valence-electron chi connectivity index (χ4n) is 3.91. The molecule has 9 heteroatoms. The van der Waals surface area contributed by atoms with Crippen molar-refractivity contribution in [2.24, 2.45) is 0 Å². The number of hydrogen-bond donors (Lipinski definition) is 3. The van der Waals surface area contributed by atoms with Crippen molar-refractivity contribution in [3.05, 3.63) is 70.9 Å². The quantitative estimate of drug-likeness (QED) is 0.435. The third-order valence-electron chi connectivity index (χ3n) is 5.62. The average molecular weight is 490 g/mol. The van der Waals surface area contributed by atoms with Gasteiger partial charge in [0, 0.05) is 23.6 Å². The molecule has 1 heterocycles. The summed E-state index contributed by atoms with van der Waals surface area (Å²) in [5.74, 6) is -0.498. The van der Waals surface area contributed by atoms with Crippen molar-refractivity contribution in [3.8, 4) is 6.07 Å². The van der Waals surface area contributed by atoms with Crippen molar-refractivity contribution >= 4 is 29.4 Å². The van der Waals surface area contributed by atoms with Crippen LogP contribution in [0.4, 0.5) is 21.0 Å². The monoisotopic (exact) mass is 489 g/mol. The molecule has 36 heavy (non-hydrogen) atoms. The van der Waals surface area contributed by atoms with E-state index in [0.717, 1.165) is 12.8 Å². The first-order valence-electron chi connectivity index (χ1n) is 11.9. The normalized spacial score (nSPS) is 15.3. The van der Waals surface area contributed by atoms with Crippen molar-refractivity contribution in [2.75, 3.05) is 17.2 Å². The minimum Gasteiger partial charge on any atom is -0.459 e. The molecule has 0 spiro atoms. The standard InChI is InChI=1S/C27H31N5O4/c1-5-6-13-32-18(4)23(25(33)36-17(2)3)24(31-27(32)35)20-10-8-12-22(15-20)30-26(34)29-21-11-7-9-19(14-21)16-28/h7-12,14-15,17,24H,5-6,13H2,1-4H3,(H,31,35)(H2,29,30,34). The molecule has 0 saturated heterocycles. The van der Waals surface area contributed by atoms with Gasteiger partial charge in [0.25, 0.3) is 0 Å². The highest BCUT2D eigenvalue weighted by atomic mass is 16.5. The Kier molecular flexibility index (Phi) is 8.68. The molecule has 0 bridgehead atoms. The summed E-state index contributed by atoms with van der Waals surface area (Å²) in [5.41, 5.74) is 2.91. The van der Waals surface area contributed by atoms with E-state index in [-0.39, 0.29) is 12.1 Å². The van der Waals surface area contributed by atoms with Crippen LogP contribution in [0.25, 0.3) is 0 Å². The van der Waals surface area contributed by atoms with E-state index >= 15 is 0 Å². The highest BCUT2D eigenvalue weighted by Crippen LogP contribution is 2.33. The molecule has 1 atom stereocenters. The second kappa shape index (κ2) is 11.9. The van der Waals surface area contributed by atoms with Crippen LogP contribution in [-0.2, 0) is 9.53 Å². The summed E-state index contributed by atoms with van der Waals surface area (Å²) in [7, 11) is 0. The smallest absolute Gasteiger partial charge is 0.338 e. The fraction of sp³-hybridized carbons (Fsp3) is 0.333. The Morgan fingerprint density at radius 2 is 1.81 bits per heavy atom. The van der Waals surface area contributed by atoms with Gasteiger partial charge >= 0.3 is 18.0 Å². The number of urea groups is 2. The van der Waals surface area contributed by atoms with Gasteiger partial charge < -0.3 is 20.7 Å². The number of unbranched alkanes of at least 4 members (excludes halogenated alkanes) is 1. The SMILES string of the molecule is CCCCN1C(=O)NC(c2cccc(NC(=O)Nc3cccc(C#N)c3)c2)C(C(=O)OC(C)C)=C1C. The Labute approximate surface area is 211 Å². The highest BCUT2D eigenvalue weighted by Gasteiger charge is 2.36. The van der Waals surface area contributed by atoms with Crippen LogP contribution in [-0.4, -0.2) is 35.6 Å². The zero-order valence-electron chi connectivity index (χ0n) is 20.9. The van der Waals surface area contributed by atoms with Crippen LogP contribution in [0.1, 0.15) is 57.7 Å². The molecule has 0 aliphatic carbocycles. The lowest BCUT2D eigenvalue weighted by atomic mass is 9.94. The number of nitrogens with one attached hydrogen (secondary N) is 3. The molecule has 0 radical (unpaired) electrons. The fourth-order valence-corrected chi connectivity index (χ4v) is 3.91. The Bertz CT molecular complexity index is 1210. The third kappa shape index (κ3) is 6.42. The van der Waals surface area contributed by atoms with Gasteiger partial charge in [-0.05, 0) is 63.1 Å². The molecule has 1 aliphatic rings. The van der Waals surface area contributed by atoms with Gasteiger partial charge in [0.1, 0.15) is 0 Å². The first-order valence-corrected chi connectivity index (χ1v) is 11.9. The maximum absolute atomic E-state index is 13.1. The second-order valence-corrected chi connectivity index (χ2v) is 8.74. The summed E-state index contributed by atoms with van der Waals surface area (Å²) in [6, 6.07) is 14.0. The van der Waals surface area contributed by atoms with E-state index in [1.165, 1.54) is 0 Å². The number of allylic oxidation sites excluding steroid dienone is 1. The number of carbonyl (C=O) groups excluding carboxylic acids is 3. The van der Waals surface area contributed by atoms with Crippen LogP contribution in [0, 0.1) is 11.3 Å². The molecule has 4 amide bonds. The van der Waals surface area contributed by atoms with Crippen molar-refractivity contribution < 1.29 is 19.1 Å². The topological polar surface area (TPSA) is 124 Å². The summed E-state index contributed by atoms with van der Waals surface area (Å²) in [6.45, 7) is 7.83. The molecule has 0 fully saturated rings. The van der Waals surface area contributed by atoms with E-state index in [0.29, 0.717) is 40.3 Å². The molecule has 1 unspecified atom stereocenters. The van der Waals surface area contributed by atoms with E-state index in [2.05, 4.69) is 16.0 Å². The number of ether oxygens (including phenoxy) is 1.